The molecule has 0 aliphatic heterocycles. The Balaban J connectivity index is 3.15. The normalized spacial score (nSPS) is 12.1. The van der Waals surface area contributed by atoms with Crippen molar-refractivity contribution in [1.29, 1.82) is 0 Å². The third kappa shape index (κ3) is 1.61. The molecule has 11 heavy (non-hydrogen) atoms. The van der Waals surface area contributed by atoms with Crippen molar-refractivity contribution in [2.24, 2.45) is 0 Å². The maximum absolute atomic E-state index is 12.7. The molecule has 1 aromatic rings. The first-order valence-electron chi connectivity index (χ1n) is 3.32. The van der Waals surface area contributed by atoms with E-state index in [0.29, 0.717) is 4.60 Å². The van der Waals surface area contributed by atoms with Crippen LogP contribution in [0.15, 0.2) is 10.8 Å². The molecule has 1 heterocycles. The molecule has 0 fully saturated rings. The Kier molecular flexibility index (Phi) is 2.05. The molecule has 0 aromatic carbocycles. The maximum Gasteiger partial charge on any atom is 0.175 e. The van der Waals surface area contributed by atoms with Crippen molar-refractivity contribution in [3.8, 4) is 0 Å². The van der Waals surface area contributed by atoms with Gasteiger partial charge in [0.15, 0.2) is 5.82 Å². The van der Waals surface area contributed by atoms with Crippen LogP contribution in [0, 0.1) is 5.82 Å². The Morgan fingerprint density at radius 1 is 1.55 bits per heavy atom. The van der Waals surface area contributed by atoms with Gasteiger partial charge in [-0.2, -0.15) is 5.10 Å². The van der Waals surface area contributed by atoms with Gasteiger partial charge < -0.3 is 0 Å². The van der Waals surface area contributed by atoms with Gasteiger partial charge in [0.05, 0.1) is 11.7 Å². The van der Waals surface area contributed by atoms with Crippen molar-refractivity contribution in [3.63, 3.8) is 0 Å². The lowest BCUT2D eigenvalue weighted by Crippen LogP contribution is -2.23. The van der Waals surface area contributed by atoms with E-state index in [2.05, 4.69) is 21.0 Å². The summed E-state index contributed by atoms with van der Waals surface area (Å²) in [6.07, 6.45) is 1.20. The summed E-state index contributed by atoms with van der Waals surface area (Å²) < 4.78 is 14.7. The van der Waals surface area contributed by atoms with Crippen molar-refractivity contribution in [2.45, 2.75) is 26.3 Å². The summed E-state index contributed by atoms with van der Waals surface area (Å²) in [6, 6.07) is 0. The Bertz CT molecular complexity index is 262. The summed E-state index contributed by atoms with van der Waals surface area (Å²) in [5, 5.41) is 3.88. The molecule has 0 saturated carbocycles. The molecule has 0 atom stereocenters. The van der Waals surface area contributed by atoms with Gasteiger partial charge in [-0.1, -0.05) is 0 Å². The standard InChI is InChI=1S/C7H10BrFN2/c1-7(2,3)11-6(8)5(9)4-10-11/h4H,1-3H3. The first-order chi connectivity index (χ1) is 4.93. The minimum atomic E-state index is -0.320. The molecule has 0 aliphatic rings. The molecule has 0 radical (unpaired) electrons. The van der Waals surface area contributed by atoms with Gasteiger partial charge in [0, 0.05) is 0 Å². The smallest absolute Gasteiger partial charge is 0.175 e. The van der Waals surface area contributed by atoms with Gasteiger partial charge in [-0.25, -0.2) is 4.39 Å². The highest BCUT2D eigenvalue weighted by Gasteiger charge is 2.18. The van der Waals surface area contributed by atoms with Crippen LogP contribution in [0.3, 0.4) is 0 Å². The van der Waals surface area contributed by atoms with Gasteiger partial charge in [0.25, 0.3) is 0 Å². The van der Waals surface area contributed by atoms with E-state index in [-0.39, 0.29) is 11.4 Å². The Hall–Kier alpha value is -0.380. The zero-order valence-corrected chi connectivity index (χ0v) is 8.31. The molecule has 0 N–H and O–H groups in total. The van der Waals surface area contributed by atoms with Crippen LogP contribution in [0.1, 0.15) is 20.8 Å². The molecule has 0 saturated heterocycles. The minimum absolute atomic E-state index is 0.177. The van der Waals surface area contributed by atoms with Gasteiger partial charge in [0.1, 0.15) is 4.60 Å². The first-order valence-corrected chi connectivity index (χ1v) is 4.12. The highest BCUT2D eigenvalue weighted by molar-refractivity contribution is 9.10. The fourth-order valence-electron chi connectivity index (χ4n) is 0.781. The molecule has 62 valence electrons. The summed E-state index contributed by atoms with van der Waals surface area (Å²) in [5.74, 6) is -0.320. The highest BCUT2D eigenvalue weighted by atomic mass is 79.9. The number of hydrogen-bond donors (Lipinski definition) is 0. The molecule has 1 rings (SSSR count). The van der Waals surface area contributed by atoms with E-state index in [0.717, 1.165) is 0 Å². The predicted octanol–water partition coefficient (Wildman–Crippen LogP) is 2.54. The van der Waals surface area contributed by atoms with Gasteiger partial charge in [0.2, 0.25) is 0 Å². The van der Waals surface area contributed by atoms with Crippen LogP contribution in [0.5, 0.6) is 0 Å². The molecule has 1 aromatic heterocycles. The summed E-state index contributed by atoms with van der Waals surface area (Å²) >= 11 is 3.11. The quantitative estimate of drug-likeness (QED) is 0.658. The molecule has 0 amide bonds. The van der Waals surface area contributed by atoms with E-state index in [1.807, 2.05) is 20.8 Å². The Morgan fingerprint density at radius 3 is 2.27 bits per heavy atom. The monoisotopic (exact) mass is 220 g/mol. The van der Waals surface area contributed by atoms with Gasteiger partial charge in [-0.05, 0) is 36.7 Å². The van der Waals surface area contributed by atoms with Crippen LogP contribution in [0.2, 0.25) is 0 Å². The average Bonchev–Trinajstić information content (AvgIpc) is 2.11. The third-order valence-electron chi connectivity index (χ3n) is 1.30. The van der Waals surface area contributed by atoms with E-state index < -0.39 is 0 Å². The van der Waals surface area contributed by atoms with Crippen LogP contribution < -0.4 is 0 Å². The molecule has 0 aliphatic carbocycles. The topological polar surface area (TPSA) is 17.8 Å². The highest BCUT2D eigenvalue weighted by Crippen LogP contribution is 2.22. The van der Waals surface area contributed by atoms with E-state index >= 15 is 0 Å². The first kappa shape index (κ1) is 8.71. The van der Waals surface area contributed by atoms with Gasteiger partial charge in [-0.15, -0.1) is 0 Å². The van der Waals surface area contributed by atoms with Crippen LogP contribution >= 0.6 is 15.9 Å². The molecular formula is C7H10BrFN2. The molecule has 0 spiro atoms. The Labute approximate surface area is 73.5 Å². The van der Waals surface area contributed by atoms with Crippen LogP contribution in [-0.4, -0.2) is 9.78 Å². The number of rotatable bonds is 0. The van der Waals surface area contributed by atoms with E-state index in [1.165, 1.54) is 6.20 Å². The molecule has 0 bridgehead atoms. The van der Waals surface area contributed by atoms with Crippen LogP contribution in [0.25, 0.3) is 0 Å². The largest absolute Gasteiger partial charge is 0.250 e. The molecule has 2 nitrogen and oxygen atoms in total. The third-order valence-corrected chi connectivity index (χ3v) is 2.02. The second kappa shape index (κ2) is 2.59. The predicted molar refractivity (Wildman–Crippen MR) is 44.9 cm³/mol. The number of halogens is 2. The van der Waals surface area contributed by atoms with Gasteiger partial charge >= 0.3 is 0 Å². The van der Waals surface area contributed by atoms with Crippen molar-refractivity contribution in [2.75, 3.05) is 0 Å². The van der Waals surface area contributed by atoms with Crippen molar-refractivity contribution in [3.05, 3.63) is 16.6 Å². The zero-order chi connectivity index (χ0) is 8.65. The van der Waals surface area contributed by atoms with E-state index in [9.17, 15) is 4.39 Å². The van der Waals surface area contributed by atoms with Gasteiger partial charge in [-0.3, -0.25) is 4.68 Å². The van der Waals surface area contributed by atoms with Crippen molar-refractivity contribution in [1.82, 2.24) is 9.78 Å². The summed E-state index contributed by atoms with van der Waals surface area (Å²) in [6.45, 7) is 5.89. The zero-order valence-electron chi connectivity index (χ0n) is 6.73. The fourth-order valence-corrected chi connectivity index (χ4v) is 1.51. The molecule has 4 heteroatoms. The summed E-state index contributed by atoms with van der Waals surface area (Å²) in [7, 11) is 0. The molecule has 0 unspecified atom stereocenters. The number of nitrogens with zero attached hydrogens (tertiary/aromatic N) is 2. The SMILES string of the molecule is CC(C)(C)n1ncc(F)c1Br. The van der Waals surface area contributed by atoms with Crippen molar-refractivity contribution < 1.29 is 4.39 Å². The average molecular weight is 221 g/mol. The summed E-state index contributed by atoms with van der Waals surface area (Å²) in [4.78, 5) is 0. The number of hydrogen-bond acceptors (Lipinski definition) is 1. The second-order valence-electron chi connectivity index (χ2n) is 3.37. The van der Waals surface area contributed by atoms with E-state index in [4.69, 9.17) is 0 Å². The number of aromatic nitrogens is 2. The fraction of sp³-hybridized carbons (Fsp3) is 0.571. The van der Waals surface area contributed by atoms with Crippen molar-refractivity contribution >= 4 is 15.9 Å². The maximum atomic E-state index is 12.7. The Morgan fingerprint density at radius 2 is 2.09 bits per heavy atom. The lowest BCUT2D eigenvalue weighted by molar-refractivity contribution is 0.346. The lowest BCUT2D eigenvalue weighted by Gasteiger charge is -2.19. The minimum Gasteiger partial charge on any atom is -0.250 e. The second-order valence-corrected chi connectivity index (χ2v) is 4.12. The molecular weight excluding hydrogens is 211 g/mol. The summed E-state index contributed by atoms with van der Waals surface area (Å²) in [5.41, 5.74) is -0.177. The lowest BCUT2D eigenvalue weighted by atomic mass is 10.1. The van der Waals surface area contributed by atoms with Crippen LogP contribution in [0.4, 0.5) is 4.39 Å². The van der Waals surface area contributed by atoms with Crippen LogP contribution in [-0.2, 0) is 5.54 Å². The van der Waals surface area contributed by atoms with E-state index in [1.54, 1.807) is 4.68 Å².